The zero-order valence-electron chi connectivity index (χ0n) is 41.7. The Morgan fingerprint density at radius 2 is 0.903 bits per heavy atom. The fourth-order valence-electron chi connectivity index (χ4n) is 8.67. The van der Waals surface area contributed by atoms with Gasteiger partial charge in [-0.1, -0.05) is 256 Å². The summed E-state index contributed by atoms with van der Waals surface area (Å²) in [4.78, 5) is 3.53. The van der Waals surface area contributed by atoms with Gasteiger partial charge in [-0.25, -0.2) is 0 Å². The second kappa shape index (κ2) is 45.2. The molecule has 2 nitrogen and oxygen atoms in total. The van der Waals surface area contributed by atoms with Crippen molar-refractivity contribution in [3.63, 3.8) is 0 Å². The Labute approximate surface area is 397 Å². The Hall–Kier alpha value is -2.43. The SMILES string of the molecule is CCCCCCCCCCCCCCCCCCCCCCC=CC(=C=[N+]=[N-])C(CCCCC)=C(c1ccc(CCCCCC)cc1)c1cccc(CCCCCC)c1.[CH3-].[CH3-].[Ni+2]. The van der Waals surface area contributed by atoms with E-state index in [1.54, 1.807) is 0 Å². The van der Waals surface area contributed by atoms with Crippen molar-refractivity contribution in [2.75, 3.05) is 0 Å². The van der Waals surface area contributed by atoms with Gasteiger partial charge in [0.25, 0.3) is 0 Å². The fourth-order valence-corrected chi connectivity index (χ4v) is 8.67. The second-order valence-corrected chi connectivity index (χ2v) is 17.9. The molecule has 0 atom stereocenters. The molecular weight excluding hydrogens is 795 g/mol. The van der Waals surface area contributed by atoms with Crippen LogP contribution in [0.3, 0.4) is 0 Å². The van der Waals surface area contributed by atoms with Crippen LogP contribution in [0.15, 0.2) is 71.8 Å². The molecule has 0 aliphatic carbocycles. The third-order valence-corrected chi connectivity index (χ3v) is 12.4. The molecule has 0 aromatic heterocycles. The van der Waals surface area contributed by atoms with Gasteiger partial charge < -0.3 is 20.4 Å². The van der Waals surface area contributed by atoms with E-state index in [0.29, 0.717) is 0 Å². The molecule has 0 heterocycles. The number of allylic oxidation sites excluding steroid dienone is 4. The van der Waals surface area contributed by atoms with Crippen molar-refractivity contribution < 1.29 is 21.3 Å². The Morgan fingerprint density at radius 3 is 1.37 bits per heavy atom. The smallest absolute Gasteiger partial charge is 0.358 e. The van der Waals surface area contributed by atoms with Crippen molar-refractivity contribution >= 4 is 11.4 Å². The van der Waals surface area contributed by atoms with E-state index in [4.69, 9.17) is 0 Å². The molecular formula is C59H98N2Ni. The Morgan fingerprint density at radius 1 is 0.484 bits per heavy atom. The van der Waals surface area contributed by atoms with Crippen LogP contribution >= 0.6 is 0 Å². The van der Waals surface area contributed by atoms with Crippen LogP contribution in [0.25, 0.3) is 11.1 Å². The van der Waals surface area contributed by atoms with Gasteiger partial charge in [0.05, 0.1) is 0 Å². The predicted octanol–water partition coefficient (Wildman–Crippen LogP) is 19.8. The van der Waals surface area contributed by atoms with Crippen molar-refractivity contribution in [1.29, 1.82) is 0 Å². The zero-order valence-corrected chi connectivity index (χ0v) is 42.7. The molecule has 0 saturated carbocycles. The van der Waals surface area contributed by atoms with Gasteiger partial charge in [0.15, 0.2) is 0 Å². The summed E-state index contributed by atoms with van der Waals surface area (Å²) in [6.45, 7) is 9.14. The number of unbranched alkanes of at least 4 members (excludes halogenated alkanes) is 28. The molecule has 0 bridgehead atoms. The number of rotatable bonds is 39. The molecule has 0 aliphatic heterocycles. The topological polar surface area (TPSA) is 36.4 Å². The molecule has 0 aliphatic rings. The van der Waals surface area contributed by atoms with Gasteiger partial charge in [-0.3, -0.25) is 0 Å². The minimum Gasteiger partial charge on any atom is -0.358 e. The van der Waals surface area contributed by atoms with Crippen molar-refractivity contribution in [3.05, 3.63) is 114 Å². The van der Waals surface area contributed by atoms with Crippen LogP contribution in [-0.2, 0) is 29.3 Å². The number of benzene rings is 2. The molecule has 2 rings (SSSR count). The summed E-state index contributed by atoms with van der Waals surface area (Å²) >= 11 is 0. The van der Waals surface area contributed by atoms with Crippen LogP contribution in [0.2, 0.25) is 0 Å². The van der Waals surface area contributed by atoms with Crippen molar-refractivity contribution in [3.8, 4) is 0 Å². The van der Waals surface area contributed by atoms with Crippen LogP contribution in [-0.4, -0.2) is 10.7 Å². The molecule has 0 N–H and O–H groups in total. The molecule has 2 aromatic rings. The summed E-state index contributed by atoms with van der Waals surface area (Å²) < 4.78 is 0. The number of aryl methyl sites for hydroxylation is 2. The maximum absolute atomic E-state index is 9.94. The largest absolute Gasteiger partial charge is 2.00 e. The molecule has 0 fully saturated rings. The van der Waals surface area contributed by atoms with E-state index in [9.17, 15) is 5.53 Å². The molecule has 3 heteroatoms. The zero-order chi connectivity index (χ0) is 42.3. The number of nitrogens with zero attached hydrogens (tertiary/aromatic N) is 2. The maximum Gasteiger partial charge on any atom is 2.00 e. The third kappa shape index (κ3) is 30.6. The molecule has 0 spiro atoms. The summed E-state index contributed by atoms with van der Waals surface area (Å²) in [6.07, 6.45) is 50.6. The minimum atomic E-state index is 0. The van der Waals surface area contributed by atoms with E-state index in [1.807, 2.05) is 0 Å². The molecule has 0 unspecified atom stereocenters. The van der Waals surface area contributed by atoms with E-state index in [2.05, 4.69) is 99.0 Å². The van der Waals surface area contributed by atoms with Gasteiger partial charge >= 0.3 is 22.4 Å². The molecule has 0 radical (unpaired) electrons. The third-order valence-electron chi connectivity index (χ3n) is 12.4. The summed E-state index contributed by atoms with van der Waals surface area (Å²) in [6, 6.07) is 18.6. The summed E-state index contributed by atoms with van der Waals surface area (Å²) in [5.41, 5.74) is 18.7. The summed E-state index contributed by atoms with van der Waals surface area (Å²) in [7, 11) is 0. The minimum absolute atomic E-state index is 0. The van der Waals surface area contributed by atoms with Gasteiger partial charge in [0, 0.05) is 0 Å². The van der Waals surface area contributed by atoms with E-state index >= 15 is 0 Å². The first-order valence-corrected chi connectivity index (χ1v) is 25.7. The molecule has 0 amide bonds. The van der Waals surface area contributed by atoms with Crippen LogP contribution in [0.5, 0.6) is 0 Å². The fraction of sp³-hybridized carbons (Fsp3) is 0.661. The van der Waals surface area contributed by atoms with E-state index in [-0.39, 0.29) is 31.3 Å². The van der Waals surface area contributed by atoms with Gasteiger partial charge in [-0.15, -0.1) is 4.79 Å². The van der Waals surface area contributed by atoms with Crippen LogP contribution in [0, 0.1) is 14.9 Å². The number of hydrogen-bond donors (Lipinski definition) is 0. The first-order chi connectivity index (χ1) is 29.2. The van der Waals surface area contributed by atoms with Crippen LogP contribution < -0.4 is 0 Å². The van der Waals surface area contributed by atoms with Crippen LogP contribution in [0.4, 0.5) is 0 Å². The standard InChI is InChI=1S/C57H92N2.2CH3.Ni/c1-5-9-13-16-17-18-19-20-21-22-23-24-25-26-27-28-29-30-31-32-33-37-42-55(50-59-58)56(44-34-12-8-4)57(53-47-45-51(46-48-53)39-35-14-10-6-2)54-43-38-41-52(49-54)40-36-15-11-7-3;;;/h37-38,41-43,45-49H,5-36,39-40,44H2,1-4H3;2*1H3;/q;2*-1;+2. The van der Waals surface area contributed by atoms with Crippen LogP contribution in [0.1, 0.15) is 262 Å². The monoisotopic (exact) mass is 893 g/mol. The van der Waals surface area contributed by atoms with Crippen molar-refractivity contribution in [1.82, 2.24) is 0 Å². The maximum atomic E-state index is 9.94. The number of hydrogen-bond acceptors (Lipinski definition) is 0. The van der Waals surface area contributed by atoms with Crippen molar-refractivity contribution in [2.24, 2.45) is 0 Å². The molecule has 0 saturated heterocycles. The average Bonchev–Trinajstić information content (AvgIpc) is 3.25. The van der Waals surface area contributed by atoms with Crippen molar-refractivity contribution in [2.45, 2.75) is 252 Å². The van der Waals surface area contributed by atoms with Gasteiger partial charge in [0.2, 0.25) is 0 Å². The Balaban J connectivity index is 0. The predicted molar refractivity (Wildman–Crippen MR) is 275 cm³/mol. The Bertz CT molecular complexity index is 1440. The molecule has 2 aromatic carbocycles. The summed E-state index contributed by atoms with van der Waals surface area (Å²) in [5, 5.41) is 0. The normalized spacial score (nSPS) is 11.3. The first-order valence-electron chi connectivity index (χ1n) is 25.7. The van der Waals surface area contributed by atoms with E-state index in [1.165, 1.54) is 226 Å². The first kappa shape index (κ1) is 61.7. The second-order valence-electron chi connectivity index (χ2n) is 17.9. The van der Waals surface area contributed by atoms with E-state index < -0.39 is 0 Å². The Kier molecular flexibility index (Phi) is 44.9. The summed E-state index contributed by atoms with van der Waals surface area (Å²) in [5.74, 6) is 3.06. The molecule has 62 heavy (non-hydrogen) atoms. The van der Waals surface area contributed by atoms with E-state index in [0.717, 1.165) is 37.7 Å². The average molecular weight is 894 g/mol. The van der Waals surface area contributed by atoms with Gasteiger partial charge in [-0.2, -0.15) is 0 Å². The van der Waals surface area contributed by atoms with Gasteiger partial charge in [0.1, 0.15) is 5.57 Å². The molecule has 354 valence electrons. The quantitative estimate of drug-likeness (QED) is 0.0122. The van der Waals surface area contributed by atoms with Gasteiger partial charge in [-0.05, 0) is 90.8 Å².